The minimum atomic E-state index is -4.54. The van der Waals surface area contributed by atoms with Crippen LogP contribution in [0.4, 0.5) is 10.7 Å². The van der Waals surface area contributed by atoms with Gasteiger partial charge >= 0.3 is 18.0 Å². The van der Waals surface area contributed by atoms with E-state index in [1.807, 2.05) is 0 Å². The van der Waals surface area contributed by atoms with Crippen molar-refractivity contribution in [1.82, 2.24) is 19.7 Å². The number of methoxy groups -OCH3 is 2. The number of aromatic hydroxyl groups is 1. The van der Waals surface area contributed by atoms with E-state index < -0.39 is 32.7 Å². The van der Waals surface area contributed by atoms with E-state index in [-0.39, 0.29) is 23.3 Å². The number of carbonyl (C=O) groups is 2. The first-order valence-electron chi connectivity index (χ1n) is 7.18. The lowest BCUT2D eigenvalue weighted by atomic mass is 10.2. The number of sulfonamides is 1. The van der Waals surface area contributed by atoms with Gasteiger partial charge in [-0.2, -0.15) is 15.0 Å². The number of ether oxygens (including phenoxy) is 2. The number of urea groups is 1. The number of hydrogen-bond donors (Lipinski definition) is 3. The largest absolute Gasteiger partial charge is 0.508 e. The summed E-state index contributed by atoms with van der Waals surface area (Å²) < 4.78 is 35.9. The van der Waals surface area contributed by atoms with E-state index in [0.29, 0.717) is 0 Å². The van der Waals surface area contributed by atoms with Crippen molar-refractivity contribution in [3.63, 3.8) is 0 Å². The lowest BCUT2D eigenvalue weighted by Crippen LogP contribution is -2.35. The van der Waals surface area contributed by atoms with E-state index in [0.717, 1.165) is 25.3 Å². The Kier molecular flexibility index (Phi) is 5.75. The molecule has 0 fully saturated rings. The van der Waals surface area contributed by atoms with Gasteiger partial charge in [0.25, 0.3) is 10.0 Å². The lowest BCUT2D eigenvalue weighted by Gasteiger charge is -2.11. The molecule has 0 bridgehead atoms. The van der Waals surface area contributed by atoms with Crippen LogP contribution in [0, 0.1) is 6.92 Å². The molecular weight excluding hydrogens is 385 g/mol. The number of nitrogens with zero attached hydrogens (tertiary/aromatic N) is 3. The molecule has 144 valence electrons. The number of phenolic OH excluding ortho intramolecular Hbond substituents is 1. The quantitative estimate of drug-likeness (QED) is 0.589. The summed E-state index contributed by atoms with van der Waals surface area (Å²) in [5.74, 6) is -1.42. The molecule has 2 rings (SSSR count). The summed E-state index contributed by atoms with van der Waals surface area (Å²) in [5, 5.41) is 11.6. The zero-order valence-corrected chi connectivity index (χ0v) is 15.2. The molecule has 1 heterocycles. The topological polar surface area (TPSA) is 170 Å². The Morgan fingerprint density at radius 1 is 1.15 bits per heavy atom. The van der Waals surface area contributed by atoms with Crippen LogP contribution in [0.5, 0.6) is 11.8 Å². The standard InChI is InChI=1S/C14H15N5O7S/c1-7-15-12(18-14(16-7)26-3)17-13(22)19-27(23,24)10-6-8(20)4-5-9(10)11(21)25-2/h4-6,20H,1-3H3,(H2,15,16,17,18,19,22)/i15+1,16+1,18+1. The predicted molar refractivity (Wildman–Crippen MR) is 89.9 cm³/mol. The maximum Gasteiger partial charge on any atom is 0.339 e. The number of hydrogen-bond acceptors (Lipinski definition) is 10. The second-order valence-electron chi connectivity index (χ2n) is 4.92. The van der Waals surface area contributed by atoms with Crippen molar-refractivity contribution in [2.75, 3.05) is 19.5 Å². The number of phenols is 1. The summed E-state index contributed by atoms with van der Waals surface area (Å²) in [6.45, 7) is 1.51. The fourth-order valence-corrected chi connectivity index (χ4v) is 3.04. The highest BCUT2D eigenvalue weighted by Crippen LogP contribution is 2.22. The predicted octanol–water partition coefficient (Wildman–Crippen LogP) is 0.191. The van der Waals surface area contributed by atoms with Gasteiger partial charge in [-0.25, -0.2) is 22.7 Å². The molecule has 13 heteroatoms. The molecule has 2 amide bonds. The summed E-state index contributed by atoms with van der Waals surface area (Å²) in [4.78, 5) is 34.5. The van der Waals surface area contributed by atoms with Crippen LogP contribution in [0.25, 0.3) is 0 Å². The molecule has 0 saturated heterocycles. The Morgan fingerprint density at radius 3 is 2.48 bits per heavy atom. The molecule has 0 aliphatic heterocycles. The zero-order chi connectivity index (χ0) is 20.2. The van der Waals surface area contributed by atoms with Crippen LogP contribution >= 0.6 is 0 Å². The second-order valence-corrected chi connectivity index (χ2v) is 6.58. The second kappa shape index (κ2) is 7.82. The highest BCUT2D eigenvalue weighted by atomic mass is 32.2. The summed E-state index contributed by atoms with van der Waals surface area (Å²) in [6, 6.07) is 1.67. The first-order chi connectivity index (χ1) is 12.7. The average molecular weight is 400 g/mol. The number of rotatable bonds is 5. The van der Waals surface area contributed by atoms with Gasteiger partial charge in [-0.3, -0.25) is 5.32 Å². The highest BCUT2D eigenvalue weighted by molar-refractivity contribution is 7.90. The summed E-state index contributed by atoms with van der Waals surface area (Å²) in [7, 11) is -2.18. The summed E-state index contributed by atoms with van der Waals surface area (Å²) in [6.07, 6.45) is 0. The van der Waals surface area contributed by atoms with Gasteiger partial charge in [-0.15, -0.1) is 0 Å². The number of benzene rings is 1. The lowest BCUT2D eigenvalue weighted by molar-refractivity contribution is 0.0596. The van der Waals surface area contributed by atoms with E-state index in [9.17, 15) is 23.1 Å². The van der Waals surface area contributed by atoms with E-state index in [1.54, 1.807) is 4.72 Å². The van der Waals surface area contributed by atoms with Gasteiger partial charge in [-0.1, -0.05) is 0 Å². The minimum Gasteiger partial charge on any atom is -0.508 e. The minimum absolute atomic E-state index is 0.0818. The molecule has 3 N–H and O–H groups in total. The van der Waals surface area contributed by atoms with Crippen LogP contribution in [0.3, 0.4) is 0 Å². The molecule has 1 aromatic carbocycles. The molecule has 0 unspecified atom stereocenters. The van der Waals surface area contributed by atoms with Crippen molar-refractivity contribution in [2.45, 2.75) is 11.8 Å². The van der Waals surface area contributed by atoms with Crippen LogP contribution in [0.2, 0.25) is 0 Å². The number of amides is 2. The average Bonchev–Trinajstić information content (AvgIpc) is 2.59. The van der Waals surface area contributed by atoms with Gasteiger partial charge < -0.3 is 14.6 Å². The monoisotopic (exact) mass is 400 g/mol. The Hall–Kier alpha value is -3.48. The van der Waals surface area contributed by atoms with Gasteiger partial charge in [-0.05, 0) is 19.1 Å². The number of nitrogens with one attached hydrogen (secondary N) is 2. The van der Waals surface area contributed by atoms with Gasteiger partial charge in [0.05, 0.1) is 19.8 Å². The molecule has 27 heavy (non-hydrogen) atoms. The third-order valence-corrected chi connectivity index (χ3v) is 4.39. The Morgan fingerprint density at radius 2 is 1.85 bits per heavy atom. The maximum atomic E-state index is 12.4. The van der Waals surface area contributed by atoms with E-state index in [1.165, 1.54) is 14.0 Å². The van der Waals surface area contributed by atoms with Crippen molar-refractivity contribution in [3.05, 3.63) is 29.6 Å². The molecule has 0 radical (unpaired) electrons. The number of carbonyl (C=O) groups excluding carboxylic acids is 2. The number of anilines is 1. The van der Waals surface area contributed by atoms with Gasteiger partial charge in [0.1, 0.15) is 16.5 Å². The molecule has 1 aromatic heterocycles. The third kappa shape index (κ3) is 4.78. The van der Waals surface area contributed by atoms with E-state index in [2.05, 4.69) is 25.0 Å². The van der Waals surface area contributed by atoms with Crippen molar-refractivity contribution in [3.8, 4) is 11.8 Å². The molecule has 0 spiro atoms. The number of aromatic nitrogens is 3. The Bertz CT molecular complexity index is 993. The first kappa shape index (κ1) is 19.8. The van der Waals surface area contributed by atoms with Crippen LogP contribution in [0.15, 0.2) is 23.1 Å². The van der Waals surface area contributed by atoms with Gasteiger partial charge in [0.15, 0.2) is 0 Å². The van der Waals surface area contributed by atoms with Crippen LogP contribution in [0.1, 0.15) is 16.2 Å². The van der Waals surface area contributed by atoms with Gasteiger partial charge in [0.2, 0.25) is 5.95 Å². The fourth-order valence-electron chi connectivity index (χ4n) is 1.92. The van der Waals surface area contributed by atoms with Crippen LogP contribution in [-0.4, -0.2) is 54.7 Å². The molecule has 0 aliphatic carbocycles. The molecular formula is C14H15N5O7S. The zero-order valence-electron chi connectivity index (χ0n) is 14.4. The number of aryl methyl sites for hydroxylation is 1. The highest BCUT2D eigenvalue weighted by Gasteiger charge is 2.26. The molecule has 12 nitrogen and oxygen atoms in total. The Balaban J connectivity index is 2.29. The molecule has 0 aliphatic rings. The van der Waals surface area contributed by atoms with E-state index in [4.69, 9.17) is 4.74 Å². The van der Waals surface area contributed by atoms with Gasteiger partial charge in [0, 0.05) is 6.07 Å². The van der Waals surface area contributed by atoms with Crippen LogP contribution < -0.4 is 14.8 Å². The Labute approximate surface area is 153 Å². The number of esters is 1. The molecule has 0 atom stereocenters. The van der Waals surface area contributed by atoms with Crippen molar-refractivity contribution in [1.29, 1.82) is 0 Å². The van der Waals surface area contributed by atoms with Crippen molar-refractivity contribution < 1.29 is 32.6 Å². The normalized spacial score (nSPS) is 10.8. The molecule has 0 saturated carbocycles. The SMILES string of the molecule is COC(=O)c1ccc(O)cc1S(=O)(=O)NC(=O)Nc1[15n]c(C)[15n]c(OC)[15n]1. The van der Waals surface area contributed by atoms with Crippen molar-refractivity contribution in [2.24, 2.45) is 0 Å². The maximum absolute atomic E-state index is 12.4. The summed E-state index contributed by atoms with van der Waals surface area (Å²) >= 11 is 0. The van der Waals surface area contributed by atoms with Crippen molar-refractivity contribution >= 4 is 28.0 Å². The first-order valence-corrected chi connectivity index (χ1v) is 8.66. The van der Waals surface area contributed by atoms with Crippen LogP contribution in [-0.2, 0) is 14.8 Å². The molecule has 2 aromatic rings. The smallest absolute Gasteiger partial charge is 0.339 e. The van der Waals surface area contributed by atoms with E-state index >= 15 is 0 Å². The third-order valence-electron chi connectivity index (χ3n) is 3.02. The fraction of sp³-hybridized carbons (Fsp3) is 0.214. The summed E-state index contributed by atoms with van der Waals surface area (Å²) in [5.41, 5.74) is -0.367.